The number of carbonyl (C=O) groups is 3. The number of carbonyl (C=O) groups excluding carboxylic acids is 3. The second kappa shape index (κ2) is 11.9. The highest BCUT2D eigenvalue weighted by atomic mass is 16.6. The molecule has 0 spiro atoms. The summed E-state index contributed by atoms with van der Waals surface area (Å²) in [5, 5.41) is 16.5. The van der Waals surface area contributed by atoms with Gasteiger partial charge in [0, 0.05) is 24.7 Å². The summed E-state index contributed by atoms with van der Waals surface area (Å²) in [6.45, 7) is 8.80. The number of nitrogens with zero attached hydrogens (tertiary/aromatic N) is 3. The molecule has 38 heavy (non-hydrogen) atoms. The molecule has 12 heteroatoms. The summed E-state index contributed by atoms with van der Waals surface area (Å²) >= 11 is 0. The number of pyridine rings is 1. The van der Waals surface area contributed by atoms with E-state index in [1.165, 1.54) is 17.0 Å². The highest BCUT2D eigenvalue weighted by Gasteiger charge is 2.41. The second-order valence-corrected chi connectivity index (χ2v) is 10.1. The third-order valence-electron chi connectivity index (χ3n) is 5.60. The van der Waals surface area contributed by atoms with E-state index in [2.05, 4.69) is 15.6 Å². The molecule has 1 aliphatic heterocycles. The van der Waals surface area contributed by atoms with Crippen LogP contribution < -0.4 is 15.4 Å². The van der Waals surface area contributed by atoms with Crippen LogP contribution in [0.4, 0.5) is 11.5 Å². The maximum absolute atomic E-state index is 13.7. The molecule has 0 radical (unpaired) electrons. The van der Waals surface area contributed by atoms with E-state index < -0.39 is 34.5 Å². The molecular weight excluding hydrogens is 494 g/mol. The van der Waals surface area contributed by atoms with Gasteiger partial charge in [-0.15, -0.1) is 0 Å². The first-order valence-electron chi connectivity index (χ1n) is 12.3. The molecule has 204 valence electrons. The average molecular weight is 528 g/mol. The Morgan fingerprint density at radius 3 is 2.53 bits per heavy atom. The van der Waals surface area contributed by atoms with Crippen molar-refractivity contribution in [3.63, 3.8) is 0 Å². The molecule has 1 aromatic heterocycles. The van der Waals surface area contributed by atoms with Crippen LogP contribution in [0.2, 0.25) is 0 Å². The zero-order valence-corrected chi connectivity index (χ0v) is 22.1. The number of hydrogen-bond donors (Lipinski definition) is 2. The smallest absolute Gasteiger partial charge is 0.325 e. The molecule has 2 heterocycles. The molecule has 1 aliphatic rings. The summed E-state index contributed by atoms with van der Waals surface area (Å²) in [7, 11) is 0. The van der Waals surface area contributed by atoms with Crippen LogP contribution in [-0.2, 0) is 19.1 Å². The summed E-state index contributed by atoms with van der Waals surface area (Å²) in [6, 6.07) is 8.62. The predicted molar refractivity (Wildman–Crippen MR) is 138 cm³/mol. The van der Waals surface area contributed by atoms with Gasteiger partial charge < -0.3 is 25.0 Å². The van der Waals surface area contributed by atoms with Crippen LogP contribution in [-0.4, -0.2) is 63.9 Å². The molecule has 2 atom stereocenters. The van der Waals surface area contributed by atoms with E-state index in [-0.39, 0.29) is 37.1 Å². The Morgan fingerprint density at radius 2 is 1.92 bits per heavy atom. The third-order valence-corrected chi connectivity index (χ3v) is 5.60. The molecule has 2 aromatic rings. The highest BCUT2D eigenvalue weighted by molar-refractivity contribution is 5.93. The van der Waals surface area contributed by atoms with E-state index in [0.29, 0.717) is 17.1 Å². The van der Waals surface area contributed by atoms with Crippen LogP contribution in [0, 0.1) is 16.0 Å². The van der Waals surface area contributed by atoms with Gasteiger partial charge >= 0.3 is 5.97 Å². The number of benzene rings is 1. The fraction of sp³-hybridized carbons (Fsp3) is 0.462. The van der Waals surface area contributed by atoms with Crippen LogP contribution in [0.5, 0.6) is 5.75 Å². The second-order valence-electron chi connectivity index (χ2n) is 10.1. The number of fused-ring (bicyclic) bond motifs is 1. The lowest BCUT2D eigenvalue weighted by Crippen LogP contribution is -2.50. The number of rotatable bonds is 9. The van der Waals surface area contributed by atoms with Crippen molar-refractivity contribution in [3.8, 4) is 5.75 Å². The summed E-state index contributed by atoms with van der Waals surface area (Å²) < 4.78 is 11.4. The number of ether oxygens (including phenoxy) is 2. The molecule has 0 fully saturated rings. The number of nitro groups is 1. The van der Waals surface area contributed by atoms with Gasteiger partial charge in [0.05, 0.1) is 4.92 Å². The van der Waals surface area contributed by atoms with Crippen molar-refractivity contribution in [1.82, 2.24) is 15.2 Å². The van der Waals surface area contributed by atoms with Gasteiger partial charge in [-0.2, -0.15) is 0 Å². The summed E-state index contributed by atoms with van der Waals surface area (Å²) in [5.41, 5.74) is -0.373. The molecular formula is C26H33N5O7. The summed E-state index contributed by atoms with van der Waals surface area (Å²) in [6.07, 6.45) is 0.294. The van der Waals surface area contributed by atoms with Gasteiger partial charge in [-0.25, -0.2) is 4.98 Å². The Balaban J connectivity index is 1.86. The van der Waals surface area contributed by atoms with Crippen molar-refractivity contribution >= 4 is 29.3 Å². The predicted octanol–water partition coefficient (Wildman–Crippen LogP) is 2.85. The average Bonchev–Trinajstić information content (AvgIpc) is 2.96. The van der Waals surface area contributed by atoms with E-state index in [0.717, 1.165) is 6.20 Å². The minimum absolute atomic E-state index is 0.0862. The Bertz CT molecular complexity index is 1180. The molecule has 0 bridgehead atoms. The summed E-state index contributed by atoms with van der Waals surface area (Å²) in [4.78, 5) is 55.2. The Labute approximate surface area is 220 Å². The zero-order chi connectivity index (χ0) is 28.0. The fourth-order valence-electron chi connectivity index (χ4n) is 3.94. The Morgan fingerprint density at radius 1 is 1.21 bits per heavy atom. The lowest BCUT2D eigenvalue weighted by molar-refractivity contribution is -0.385. The zero-order valence-electron chi connectivity index (χ0n) is 22.1. The van der Waals surface area contributed by atoms with E-state index >= 15 is 0 Å². The molecule has 2 unspecified atom stereocenters. The number of hydrogen-bond acceptors (Lipinski definition) is 9. The molecule has 3 rings (SSSR count). The van der Waals surface area contributed by atoms with Crippen LogP contribution in [0.15, 0.2) is 42.6 Å². The van der Waals surface area contributed by atoms with Crippen molar-refractivity contribution in [2.75, 3.05) is 25.0 Å². The largest absolute Gasteiger partial charge is 0.480 e. The molecule has 0 saturated heterocycles. The van der Waals surface area contributed by atoms with Crippen molar-refractivity contribution in [1.29, 1.82) is 0 Å². The lowest BCUT2D eigenvalue weighted by atomic mass is 10.0. The van der Waals surface area contributed by atoms with Crippen LogP contribution in [0.3, 0.4) is 0 Å². The number of anilines is 1. The van der Waals surface area contributed by atoms with E-state index in [1.807, 2.05) is 13.8 Å². The van der Waals surface area contributed by atoms with Crippen LogP contribution in [0.1, 0.15) is 46.2 Å². The number of para-hydroxylation sites is 1. The van der Waals surface area contributed by atoms with E-state index in [4.69, 9.17) is 9.47 Å². The first-order chi connectivity index (χ1) is 17.9. The number of aromatic nitrogens is 1. The molecule has 1 aromatic carbocycles. The van der Waals surface area contributed by atoms with Crippen molar-refractivity contribution < 1.29 is 28.8 Å². The first kappa shape index (κ1) is 28.4. The minimum atomic E-state index is -1.07. The Hall–Kier alpha value is -4.22. The monoisotopic (exact) mass is 527 g/mol. The minimum Gasteiger partial charge on any atom is -0.480 e. The third kappa shape index (κ3) is 7.17. The number of esters is 1. The van der Waals surface area contributed by atoms with Crippen LogP contribution >= 0.6 is 0 Å². The SMILES string of the molecule is CC(C)C1Oc2ccccc2C(C(=O)NCC(=O)OC(C)(C)C)N(CCNc2ccc([N+](=O)[O-])cn2)C1=O. The van der Waals surface area contributed by atoms with Gasteiger partial charge in [-0.3, -0.25) is 24.5 Å². The number of amides is 2. The standard InChI is InChI=1S/C26H33N5O7/c1-16(2)23-25(34)30(13-12-27-20-11-10-17(14-28-20)31(35)36)22(18-8-6-7-9-19(18)37-23)24(33)29-15-21(32)38-26(3,4)5/h6-11,14,16,22-23H,12-13,15H2,1-5H3,(H,27,28)(H,29,33). The lowest BCUT2D eigenvalue weighted by Gasteiger charge is -2.31. The van der Waals surface area contributed by atoms with Gasteiger partial charge in [0.1, 0.15) is 36.0 Å². The van der Waals surface area contributed by atoms with Crippen molar-refractivity contribution in [2.45, 2.75) is 52.4 Å². The quantitative estimate of drug-likeness (QED) is 0.285. The Kier molecular flexibility index (Phi) is 8.87. The van der Waals surface area contributed by atoms with Crippen molar-refractivity contribution in [3.05, 3.63) is 58.3 Å². The molecule has 2 N–H and O–H groups in total. The van der Waals surface area contributed by atoms with Gasteiger partial charge in [0.15, 0.2) is 6.10 Å². The highest BCUT2D eigenvalue weighted by Crippen LogP contribution is 2.35. The van der Waals surface area contributed by atoms with Gasteiger partial charge in [-0.1, -0.05) is 32.0 Å². The molecule has 0 saturated carbocycles. The molecule has 12 nitrogen and oxygen atoms in total. The normalized spacial score (nSPS) is 17.2. The maximum Gasteiger partial charge on any atom is 0.325 e. The fourth-order valence-corrected chi connectivity index (χ4v) is 3.94. The van der Waals surface area contributed by atoms with Gasteiger partial charge in [0.2, 0.25) is 5.91 Å². The van der Waals surface area contributed by atoms with Crippen molar-refractivity contribution in [2.24, 2.45) is 5.92 Å². The van der Waals surface area contributed by atoms with E-state index in [1.54, 1.807) is 45.0 Å². The van der Waals surface area contributed by atoms with E-state index in [9.17, 15) is 24.5 Å². The van der Waals surface area contributed by atoms with Gasteiger partial charge in [-0.05, 0) is 38.8 Å². The van der Waals surface area contributed by atoms with Gasteiger partial charge in [0.25, 0.3) is 11.6 Å². The maximum atomic E-state index is 13.7. The van der Waals surface area contributed by atoms with Crippen LogP contribution in [0.25, 0.3) is 0 Å². The number of nitrogens with one attached hydrogen (secondary N) is 2. The first-order valence-corrected chi connectivity index (χ1v) is 12.3. The molecule has 0 aliphatic carbocycles. The molecule has 2 amide bonds. The summed E-state index contributed by atoms with van der Waals surface area (Å²) in [5.74, 6) is -0.950. The topological polar surface area (TPSA) is 153 Å².